The number of amidine groups is 1. The first kappa shape index (κ1) is 14.4. The van der Waals surface area contributed by atoms with E-state index in [1.54, 1.807) is 16.8 Å². The molecule has 1 aromatic heterocycles. The molecule has 7 heteroatoms. The molecule has 6 nitrogen and oxygen atoms in total. The molecule has 0 fully saturated rings. The van der Waals surface area contributed by atoms with E-state index in [0.717, 1.165) is 15.9 Å². The van der Waals surface area contributed by atoms with Crippen LogP contribution in [0.4, 0.5) is 0 Å². The maximum absolute atomic E-state index is 8.81. The fourth-order valence-corrected chi connectivity index (χ4v) is 2.19. The van der Waals surface area contributed by atoms with Crippen molar-refractivity contribution in [2.45, 2.75) is 13.5 Å². The lowest BCUT2D eigenvalue weighted by Gasteiger charge is -2.11. The Morgan fingerprint density at radius 2 is 2.25 bits per heavy atom. The van der Waals surface area contributed by atoms with Gasteiger partial charge < -0.3 is 15.7 Å². The minimum atomic E-state index is 0.00230. The first-order chi connectivity index (χ1) is 9.51. The molecule has 0 saturated heterocycles. The second kappa shape index (κ2) is 5.96. The summed E-state index contributed by atoms with van der Waals surface area (Å²) in [5.41, 5.74) is 8.05. The number of aromatic nitrogens is 2. The van der Waals surface area contributed by atoms with E-state index in [2.05, 4.69) is 26.2 Å². The monoisotopic (exact) mass is 338 g/mol. The summed E-state index contributed by atoms with van der Waals surface area (Å²) in [5.74, 6) is 0.546. The number of hydrogen-bond acceptors (Lipinski definition) is 4. The van der Waals surface area contributed by atoms with Crippen LogP contribution in [0.1, 0.15) is 17.0 Å². The van der Waals surface area contributed by atoms with Gasteiger partial charge in [0, 0.05) is 11.5 Å². The van der Waals surface area contributed by atoms with Crippen LogP contribution in [0, 0.1) is 6.92 Å². The summed E-state index contributed by atoms with van der Waals surface area (Å²) in [4.78, 5) is 0. The van der Waals surface area contributed by atoms with Gasteiger partial charge in [0.2, 0.25) is 0 Å². The summed E-state index contributed by atoms with van der Waals surface area (Å²) < 4.78 is 8.33. The highest BCUT2D eigenvalue weighted by Gasteiger charge is 2.11. The molecule has 3 N–H and O–H groups in total. The Bertz CT molecular complexity index is 652. The number of hydrogen-bond donors (Lipinski definition) is 2. The maximum atomic E-state index is 8.81. The highest BCUT2D eigenvalue weighted by atomic mass is 79.9. The van der Waals surface area contributed by atoms with Crippen LogP contribution in [0.3, 0.4) is 0 Å². The smallest absolute Gasteiger partial charge is 0.173 e. The predicted molar refractivity (Wildman–Crippen MR) is 78.9 cm³/mol. The van der Waals surface area contributed by atoms with Gasteiger partial charge in [-0.2, -0.15) is 5.10 Å². The molecule has 106 valence electrons. The second-order valence-corrected chi connectivity index (χ2v) is 5.23. The van der Waals surface area contributed by atoms with E-state index in [-0.39, 0.29) is 5.84 Å². The third-order valence-corrected chi connectivity index (χ3v) is 3.29. The number of oxime groups is 1. The summed E-state index contributed by atoms with van der Waals surface area (Å²) >= 11 is 3.34. The van der Waals surface area contributed by atoms with Crippen molar-refractivity contribution < 1.29 is 9.94 Å². The van der Waals surface area contributed by atoms with E-state index < -0.39 is 0 Å². The Hall–Kier alpha value is -2.02. The topological polar surface area (TPSA) is 85.7 Å². The Labute approximate surface area is 125 Å². The van der Waals surface area contributed by atoms with Gasteiger partial charge in [-0.15, -0.1) is 0 Å². The lowest BCUT2D eigenvalue weighted by Crippen LogP contribution is -2.15. The molecule has 1 heterocycles. The van der Waals surface area contributed by atoms with Crippen LogP contribution in [0.5, 0.6) is 5.75 Å². The molecule has 0 spiro atoms. The van der Waals surface area contributed by atoms with Crippen molar-refractivity contribution in [1.29, 1.82) is 0 Å². The van der Waals surface area contributed by atoms with Gasteiger partial charge in [-0.1, -0.05) is 21.1 Å². The zero-order valence-electron chi connectivity index (χ0n) is 11.2. The first-order valence-corrected chi connectivity index (χ1v) is 6.70. The Balaban J connectivity index is 2.23. The molecule has 20 heavy (non-hydrogen) atoms. The average molecular weight is 339 g/mol. The largest absolute Gasteiger partial charge is 0.487 e. The molecule has 1 aromatic carbocycles. The standard InChI is InChI=1S/C13H15BrN4O2/c1-8-5-10(18(2)16-8)7-20-12-4-3-9(14)6-11(12)13(15)17-19/h3-6,19H,7H2,1-2H3,(H2,15,17). The van der Waals surface area contributed by atoms with Gasteiger partial charge in [0.15, 0.2) is 5.84 Å². The van der Waals surface area contributed by atoms with Crippen molar-refractivity contribution in [2.24, 2.45) is 17.9 Å². The average Bonchev–Trinajstić information content (AvgIpc) is 2.74. The van der Waals surface area contributed by atoms with Crippen molar-refractivity contribution in [3.8, 4) is 5.75 Å². The molecule has 0 aliphatic heterocycles. The van der Waals surface area contributed by atoms with Gasteiger partial charge >= 0.3 is 0 Å². The maximum Gasteiger partial charge on any atom is 0.173 e. The van der Waals surface area contributed by atoms with Crippen molar-refractivity contribution in [3.63, 3.8) is 0 Å². The lowest BCUT2D eigenvalue weighted by molar-refractivity contribution is 0.293. The first-order valence-electron chi connectivity index (χ1n) is 5.91. The SMILES string of the molecule is Cc1cc(COc2ccc(Br)cc2/C(N)=N/O)n(C)n1. The van der Waals surface area contributed by atoms with Gasteiger partial charge in [0.05, 0.1) is 17.0 Å². The highest BCUT2D eigenvalue weighted by molar-refractivity contribution is 9.10. The number of ether oxygens (including phenoxy) is 1. The van der Waals surface area contributed by atoms with Crippen molar-refractivity contribution in [2.75, 3.05) is 0 Å². The number of nitrogens with two attached hydrogens (primary N) is 1. The fourth-order valence-electron chi connectivity index (χ4n) is 1.83. The van der Waals surface area contributed by atoms with Gasteiger partial charge in [-0.25, -0.2) is 0 Å². The van der Waals surface area contributed by atoms with Crippen molar-refractivity contribution in [3.05, 3.63) is 45.7 Å². The summed E-state index contributed by atoms with van der Waals surface area (Å²) in [6.07, 6.45) is 0. The van der Waals surface area contributed by atoms with Gasteiger partial charge in [-0.05, 0) is 31.2 Å². The number of aryl methyl sites for hydroxylation is 2. The van der Waals surface area contributed by atoms with Crippen molar-refractivity contribution >= 4 is 21.8 Å². The molecular weight excluding hydrogens is 324 g/mol. The summed E-state index contributed by atoms with van der Waals surface area (Å²) in [6, 6.07) is 7.28. The Kier molecular flexibility index (Phi) is 4.29. The minimum absolute atomic E-state index is 0.00230. The summed E-state index contributed by atoms with van der Waals surface area (Å²) in [5, 5.41) is 16.1. The highest BCUT2D eigenvalue weighted by Crippen LogP contribution is 2.24. The van der Waals surface area contributed by atoms with E-state index >= 15 is 0 Å². The van der Waals surface area contributed by atoms with E-state index in [1.807, 2.05) is 26.1 Å². The third kappa shape index (κ3) is 3.11. The van der Waals surface area contributed by atoms with E-state index in [4.69, 9.17) is 15.7 Å². The minimum Gasteiger partial charge on any atom is -0.487 e. The molecule has 2 rings (SSSR count). The molecule has 0 radical (unpaired) electrons. The lowest BCUT2D eigenvalue weighted by atomic mass is 10.2. The van der Waals surface area contributed by atoms with Crippen LogP contribution in [0.25, 0.3) is 0 Å². The molecule has 0 amide bonds. The number of benzene rings is 1. The third-order valence-electron chi connectivity index (χ3n) is 2.80. The molecule has 0 aliphatic carbocycles. The van der Waals surface area contributed by atoms with Crippen molar-refractivity contribution in [1.82, 2.24) is 9.78 Å². The van der Waals surface area contributed by atoms with Crippen LogP contribution in [0.15, 0.2) is 33.9 Å². The van der Waals surface area contributed by atoms with Gasteiger partial charge in [-0.3, -0.25) is 4.68 Å². The Morgan fingerprint density at radius 1 is 1.50 bits per heavy atom. The van der Waals surface area contributed by atoms with Gasteiger partial charge in [0.25, 0.3) is 0 Å². The van der Waals surface area contributed by atoms with Gasteiger partial charge in [0.1, 0.15) is 12.4 Å². The fraction of sp³-hybridized carbons (Fsp3) is 0.231. The summed E-state index contributed by atoms with van der Waals surface area (Å²) in [7, 11) is 1.86. The number of halogens is 1. The van der Waals surface area contributed by atoms with Crippen LogP contribution in [0.2, 0.25) is 0 Å². The predicted octanol–water partition coefficient (Wildman–Crippen LogP) is 2.16. The summed E-state index contributed by atoms with van der Waals surface area (Å²) in [6.45, 7) is 2.27. The van der Waals surface area contributed by atoms with E-state index in [1.165, 1.54) is 0 Å². The number of rotatable bonds is 4. The zero-order valence-corrected chi connectivity index (χ0v) is 12.8. The molecule has 0 saturated carbocycles. The van der Waals surface area contributed by atoms with E-state index in [9.17, 15) is 0 Å². The van der Waals surface area contributed by atoms with Crippen LogP contribution in [-0.2, 0) is 13.7 Å². The molecule has 0 bridgehead atoms. The van der Waals surface area contributed by atoms with Crippen LogP contribution >= 0.6 is 15.9 Å². The second-order valence-electron chi connectivity index (χ2n) is 4.32. The Morgan fingerprint density at radius 3 is 2.85 bits per heavy atom. The normalized spacial score (nSPS) is 11.7. The van der Waals surface area contributed by atoms with E-state index in [0.29, 0.717) is 17.9 Å². The molecule has 0 atom stereocenters. The van der Waals surface area contributed by atoms with Crippen LogP contribution < -0.4 is 10.5 Å². The molecule has 2 aromatic rings. The molecule has 0 unspecified atom stereocenters. The molecule has 0 aliphatic rings. The molecular formula is C13H15BrN4O2. The zero-order chi connectivity index (χ0) is 14.7. The quantitative estimate of drug-likeness (QED) is 0.387. The van der Waals surface area contributed by atoms with Crippen LogP contribution in [-0.4, -0.2) is 20.8 Å². The number of nitrogens with zero attached hydrogens (tertiary/aromatic N) is 3.